The van der Waals surface area contributed by atoms with Crippen LogP contribution >= 0.6 is 0 Å². The quantitative estimate of drug-likeness (QED) is 0.500. The van der Waals surface area contributed by atoms with E-state index in [0.29, 0.717) is 30.6 Å². The molecule has 4 aromatic heterocycles. The van der Waals surface area contributed by atoms with Crippen LogP contribution in [0, 0.1) is 13.8 Å². The summed E-state index contributed by atoms with van der Waals surface area (Å²) in [4.78, 5) is 17.0. The molecule has 4 rings (SSSR count). The lowest BCUT2D eigenvalue weighted by Gasteiger charge is -2.10. The summed E-state index contributed by atoms with van der Waals surface area (Å²) >= 11 is 0. The first-order valence-electron chi connectivity index (χ1n) is 8.11. The van der Waals surface area contributed by atoms with Crippen LogP contribution in [0.3, 0.4) is 0 Å². The van der Waals surface area contributed by atoms with E-state index < -0.39 is 0 Å². The van der Waals surface area contributed by atoms with Crippen LogP contribution in [0.15, 0.2) is 35.2 Å². The lowest BCUT2D eigenvalue weighted by Crippen LogP contribution is -2.16. The molecule has 0 spiro atoms. The SMILES string of the molecule is Cc1cc(NCCNc2cc(-c3nc(C)no3)ccn2)n2ncnc2n1. The third kappa shape index (κ3) is 3.29. The molecule has 0 aliphatic heterocycles. The van der Waals surface area contributed by atoms with E-state index >= 15 is 0 Å². The van der Waals surface area contributed by atoms with Gasteiger partial charge in [0.1, 0.15) is 18.0 Å². The zero-order chi connectivity index (χ0) is 17.9. The molecular weight excluding hydrogens is 334 g/mol. The number of aryl methyl sites for hydroxylation is 2. The van der Waals surface area contributed by atoms with E-state index in [-0.39, 0.29) is 0 Å². The van der Waals surface area contributed by atoms with Gasteiger partial charge in [-0.15, -0.1) is 0 Å². The molecule has 0 aliphatic rings. The van der Waals surface area contributed by atoms with Gasteiger partial charge in [0.25, 0.3) is 11.7 Å². The van der Waals surface area contributed by atoms with Crippen LogP contribution in [0.1, 0.15) is 11.5 Å². The van der Waals surface area contributed by atoms with Gasteiger partial charge in [-0.2, -0.15) is 19.6 Å². The topological polar surface area (TPSA) is 119 Å². The first kappa shape index (κ1) is 15.9. The molecule has 0 unspecified atom stereocenters. The molecule has 0 saturated heterocycles. The lowest BCUT2D eigenvalue weighted by molar-refractivity contribution is 0.425. The molecule has 0 fully saturated rings. The first-order valence-corrected chi connectivity index (χ1v) is 8.11. The van der Waals surface area contributed by atoms with E-state index in [0.717, 1.165) is 22.9 Å². The Kier molecular flexibility index (Phi) is 4.14. The molecule has 0 atom stereocenters. The highest BCUT2D eigenvalue weighted by molar-refractivity contribution is 5.57. The summed E-state index contributed by atoms with van der Waals surface area (Å²) < 4.78 is 6.85. The van der Waals surface area contributed by atoms with Gasteiger partial charge < -0.3 is 15.2 Å². The molecule has 0 bridgehead atoms. The van der Waals surface area contributed by atoms with Crippen molar-refractivity contribution >= 4 is 17.4 Å². The van der Waals surface area contributed by atoms with E-state index in [2.05, 4.69) is 40.8 Å². The summed E-state index contributed by atoms with van der Waals surface area (Å²) in [5, 5.41) is 14.6. The minimum Gasteiger partial charge on any atom is -0.368 e. The zero-order valence-corrected chi connectivity index (χ0v) is 14.3. The molecule has 0 saturated carbocycles. The number of pyridine rings is 1. The van der Waals surface area contributed by atoms with Gasteiger partial charge >= 0.3 is 0 Å². The summed E-state index contributed by atoms with van der Waals surface area (Å²) in [6, 6.07) is 5.63. The van der Waals surface area contributed by atoms with Crippen molar-refractivity contribution in [1.29, 1.82) is 0 Å². The monoisotopic (exact) mass is 351 g/mol. The number of aromatic nitrogens is 7. The van der Waals surface area contributed by atoms with Crippen LogP contribution in [0.5, 0.6) is 0 Å². The van der Waals surface area contributed by atoms with Gasteiger partial charge in [0, 0.05) is 36.6 Å². The Balaban J connectivity index is 1.38. The lowest BCUT2D eigenvalue weighted by atomic mass is 10.2. The molecule has 0 aliphatic carbocycles. The van der Waals surface area contributed by atoms with Gasteiger partial charge in [0.05, 0.1) is 0 Å². The molecular formula is C16H17N9O. The van der Waals surface area contributed by atoms with E-state index in [1.54, 1.807) is 17.6 Å². The van der Waals surface area contributed by atoms with Crippen LogP contribution in [0.25, 0.3) is 17.2 Å². The predicted molar refractivity (Wildman–Crippen MR) is 94.8 cm³/mol. The first-order chi connectivity index (χ1) is 12.7. The smallest absolute Gasteiger partial charge is 0.258 e. The molecule has 0 radical (unpaired) electrons. The van der Waals surface area contributed by atoms with Crippen molar-refractivity contribution in [1.82, 2.24) is 34.7 Å². The Morgan fingerprint density at radius 1 is 1.08 bits per heavy atom. The van der Waals surface area contributed by atoms with Crippen molar-refractivity contribution in [3.63, 3.8) is 0 Å². The van der Waals surface area contributed by atoms with Crippen molar-refractivity contribution in [3.05, 3.63) is 42.2 Å². The fraction of sp³-hybridized carbons (Fsp3) is 0.250. The number of anilines is 2. The van der Waals surface area contributed by atoms with Gasteiger partial charge in [-0.25, -0.2) is 9.97 Å². The largest absolute Gasteiger partial charge is 0.368 e. The third-order valence-electron chi connectivity index (χ3n) is 3.65. The van der Waals surface area contributed by atoms with Gasteiger partial charge in [0.2, 0.25) is 0 Å². The van der Waals surface area contributed by atoms with Gasteiger partial charge in [-0.05, 0) is 26.0 Å². The summed E-state index contributed by atoms with van der Waals surface area (Å²) in [5.74, 6) is 3.23. The Bertz CT molecular complexity index is 1040. The number of nitrogens with one attached hydrogen (secondary N) is 2. The van der Waals surface area contributed by atoms with Crippen molar-refractivity contribution < 1.29 is 4.52 Å². The molecule has 132 valence electrons. The van der Waals surface area contributed by atoms with E-state index in [1.807, 2.05) is 25.1 Å². The van der Waals surface area contributed by atoms with Crippen LogP contribution in [-0.2, 0) is 0 Å². The van der Waals surface area contributed by atoms with Crippen molar-refractivity contribution in [2.75, 3.05) is 23.7 Å². The molecule has 4 heterocycles. The second-order valence-corrected chi connectivity index (χ2v) is 5.68. The average molecular weight is 351 g/mol. The molecule has 10 heteroatoms. The maximum atomic E-state index is 5.18. The highest BCUT2D eigenvalue weighted by Gasteiger charge is 2.08. The van der Waals surface area contributed by atoms with Gasteiger partial charge in [0.15, 0.2) is 5.82 Å². The number of hydrogen-bond acceptors (Lipinski definition) is 9. The van der Waals surface area contributed by atoms with Crippen LogP contribution in [-0.4, -0.2) is 47.8 Å². The second-order valence-electron chi connectivity index (χ2n) is 5.68. The minimum atomic E-state index is 0.479. The molecule has 0 amide bonds. The summed E-state index contributed by atoms with van der Waals surface area (Å²) in [5.41, 5.74) is 1.70. The van der Waals surface area contributed by atoms with E-state index in [4.69, 9.17) is 4.52 Å². The van der Waals surface area contributed by atoms with E-state index in [1.165, 1.54) is 6.33 Å². The van der Waals surface area contributed by atoms with Crippen molar-refractivity contribution in [2.24, 2.45) is 0 Å². The Morgan fingerprint density at radius 3 is 2.81 bits per heavy atom. The maximum absolute atomic E-state index is 5.18. The number of hydrogen-bond donors (Lipinski definition) is 2. The van der Waals surface area contributed by atoms with Crippen LogP contribution in [0.2, 0.25) is 0 Å². The van der Waals surface area contributed by atoms with Crippen molar-refractivity contribution in [2.45, 2.75) is 13.8 Å². The van der Waals surface area contributed by atoms with Crippen LogP contribution in [0.4, 0.5) is 11.6 Å². The number of fused-ring (bicyclic) bond motifs is 1. The summed E-state index contributed by atoms with van der Waals surface area (Å²) in [7, 11) is 0. The normalized spacial score (nSPS) is 11.0. The molecule has 10 nitrogen and oxygen atoms in total. The molecule has 2 N–H and O–H groups in total. The third-order valence-corrected chi connectivity index (χ3v) is 3.65. The highest BCUT2D eigenvalue weighted by atomic mass is 16.5. The predicted octanol–water partition coefficient (Wildman–Crippen LogP) is 1.71. The van der Waals surface area contributed by atoms with Gasteiger partial charge in [-0.1, -0.05) is 5.16 Å². The Morgan fingerprint density at radius 2 is 1.96 bits per heavy atom. The summed E-state index contributed by atoms with van der Waals surface area (Å²) in [6.07, 6.45) is 3.19. The number of rotatable bonds is 6. The molecule has 4 aromatic rings. The molecule has 26 heavy (non-hydrogen) atoms. The Labute approximate surface area is 148 Å². The van der Waals surface area contributed by atoms with Gasteiger partial charge in [-0.3, -0.25) is 0 Å². The highest BCUT2D eigenvalue weighted by Crippen LogP contribution is 2.19. The standard InChI is InChI=1S/C16H17N9O/c1-10-7-14(25-16(22-10)20-9-21-25)19-6-5-18-13-8-12(3-4-17-13)15-23-11(2)24-26-15/h3-4,7-9,19H,5-6H2,1-2H3,(H,17,18). The van der Waals surface area contributed by atoms with Crippen LogP contribution < -0.4 is 10.6 Å². The summed E-state index contributed by atoms with van der Waals surface area (Å²) in [6.45, 7) is 5.04. The zero-order valence-electron chi connectivity index (χ0n) is 14.3. The van der Waals surface area contributed by atoms with E-state index in [9.17, 15) is 0 Å². The fourth-order valence-electron chi connectivity index (χ4n) is 2.51. The molecule has 0 aromatic carbocycles. The maximum Gasteiger partial charge on any atom is 0.258 e. The fourth-order valence-corrected chi connectivity index (χ4v) is 2.51. The van der Waals surface area contributed by atoms with Crippen molar-refractivity contribution in [3.8, 4) is 11.5 Å². The average Bonchev–Trinajstić information content (AvgIpc) is 3.27. The number of nitrogens with zero attached hydrogens (tertiary/aromatic N) is 7. The second kappa shape index (κ2) is 6.75. The Hall–Kier alpha value is -3.56. The minimum absolute atomic E-state index is 0.479.